The number of hydrogen-bond donors (Lipinski definition) is 2. The number of nitrogens with zero attached hydrogens (tertiary/aromatic N) is 2. The summed E-state index contributed by atoms with van der Waals surface area (Å²) in [7, 11) is 5.50. The van der Waals surface area contributed by atoms with Crippen LogP contribution in [0.2, 0.25) is 0 Å². The van der Waals surface area contributed by atoms with Crippen molar-refractivity contribution in [3.63, 3.8) is 0 Å². The van der Waals surface area contributed by atoms with Crippen LogP contribution in [0.4, 0.5) is 16.2 Å². The van der Waals surface area contributed by atoms with Gasteiger partial charge in [-0.05, 0) is 24.3 Å². The summed E-state index contributed by atoms with van der Waals surface area (Å²) in [5.41, 5.74) is 1.82. The third-order valence-corrected chi connectivity index (χ3v) is 2.43. The molecule has 1 aromatic rings. The lowest BCUT2D eigenvalue weighted by Gasteiger charge is -2.17. The maximum Gasteiger partial charge on any atom is 0.331 e. The van der Waals surface area contributed by atoms with Gasteiger partial charge >= 0.3 is 6.03 Å². The number of hydrogen-bond acceptors (Lipinski definition) is 3. The van der Waals surface area contributed by atoms with Crippen molar-refractivity contribution in [3.05, 3.63) is 24.3 Å². The summed E-state index contributed by atoms with van der Waals surface area (Å²) in [4.78, 5) is 13.3. The maximum absolute atomic E-state index is 11.3. The van der Waals surface area contributed by atoms with Crippen LogP contribution in [0.15, 0.2) is 24.3 Å². The highest BCUT2D eigenvalue weighted by Crippen LogP contribution is 2.20. The fourth-order valence-corrected chi connectivity index (χ4v) is 1.35. The molecule has 15 heavy (non-hydrogen) atoms. The molecule has 0 saturated carbocycles. The zero-order chi connectivity index (χ0) is 11.4. The predicted molar refractivity (Wildman–Crippen MR) is 66.7 cm³/mol. The van der Waals surface area contributed by atoms with Crippen molar-refractivity contribution in [2.75, 3.05) is 30.3 Å². The molecule has 82 valence electrons. The van der Waals surface area contributed by atoms with Gasteiger partial charge in [-0.25, -0.2) is 9.10 Å². The predicted octanol–water partition coefficient (Wildman–Crippen LogP) is 1.74. The van der Waals surface area contributed by atoms with E-state index >= 15 is 0 Å². The highest BCUT2D eigenvalue weighted by molar-refractivity contribution is 7.82. The molecule has 0 aliphatic heterocycles. The molecular formula is C10H15N3OS. The topological polar surface area (TPSA) is 35.6 Å². The Hall–Kier alpha value is -1.36. The highest BCUT2D eigenvalue weighted by atomic mass is 32.1. The first-order valence-electron chi connectivity index (χ1n) is 4.54. The van der Waals surface area contributed by atoms with E-state index in [-0.39, 0.29) is 6.03 Å². The summed E-state index contributed by atoms with van der Waals surface area (Å²) < 4.78 is 1.26. The molecule has 0 atom stereocenters. The first-order chi connectivity index (χ1) is 7.06. The minimum Gasteiger partial charge on any atom is -0.378 e. The molecule has 1 N–H and O–H groups in total. The number of anilines is 2. The molecule has 1 aromatic carbocycles. The van der Waals surface area contributed by atoms with E-state index in [0.717, 1.165) is 11.4 Å². The van der Waals surface area contributed by atoms with Crippen LogP contribution in [0.25, 0.3) is 0 Å². The van der Waals surface area contributed by atoms with E-state index in [1.807, 2.05) is 43.3 Å². The van der Waals surface area contributed by atoms with Crippen LogP contribution in [-0.4, -0.2) is 27.2 Å². The Balaban J connectivity index is 2.84. The molecule has 0 unspecified atom stereocenters. The third-order valence-electron chi connectivity index (χ3n) is 2.02. The molecule has 0 fully saturated rings. The van der Waals surface area contributed by atoms with Crippen LogP contribution in [0.3, 0.4) is 0 Å². The zero-order valence-corrected chi connectivity index (χ0v) is 9.95. The summed E-state index contributed by atoms with van der Waals surface area (Å²) in [6.45, 7) is 0. The Kier molecular flexibility index (Phi) is 3.85. The second kappa shape index (κ2) is 4.93. The average molecular weight is 225 g/mol. The quantitative estimate of drug-likeness (QED) is 0.752. The molecule has 0 spiro atoms. The number of nitrogens with one attached hydrogen (secondary N) is 1. The number of carbonyl (C=O) groups is 1. The Labute approximate surface area is 95.4 Å². The van der Waals surface area contributed by atoms with E-state index in [4.69, 9.17) is 0 Å². The van der Waals surface area contributed by atoms with Gasteiger partial charge in [0.25, 0.3) is 0 Å². The van der Waals surface area contributed by atoms with Crippen molar-refractivity contribution in [1.82, 2.24) is 5.32 Å². The Morgan fingerprint density at radius 3 is 2.07 bits per heavy atom. The fourth-order valence-electron chi connectivity index (χ4n) is 1.12. The highest BCUT2D eigenvalue weighted by Gasteiger charge is 2.09. The van der Waals surface area contributed by atoms with Gasteiger partial charge in [0.05, 0.1) is 5.69 Å². The molecule has 2 amide bonds. The summed E-state index contributed by atoms with van der Waals surface area (Å²) in [5.74, 6) is 0. The molecule has 0 radical (unpaired) electrons. The van der Waals surface area contributed by atoms with E-state index in [9.17, 15) is 4.79 Å². The lowest BCUT2D eigenvalue weighted by molar-refractivity contribution is 0.252. The van der Waals surface area contributed by atoms with Crippen LogP contribution in [0.5, 0.6) is 0 Å². The smallest absolute Gasteiger partial charge is 0.331 e. The van der Waals surface area contributed by atoms with Gasteiger partial charge in [-0.3, -0.25) is 0 Å². The van der Waals surface area contributed by atoms with Crippen LogP contribution < -0.4 is 14.5 Å². The Morgan fingerprint density at radius 2 is 1.67 bits per heavy atom. The van der Waals surface area contributed by atoms with Crippen molar-refractivity contribution < 1.29 is 4.79 Å². The second-order valence-corrected chi connectivity index (χ2v) is 3.68. The summed E-state index contributed by atoms with van der Waals surface area (Å²) in [6.07, 6.45) is 0. The first kappa shape index (κ1) is 11.7. The van der Waals surface area contributed by atoms with E-state index in [2.05, 4.69) is 18.1 Å². The van der Waals surface area contributed by atoms with E-state index < -0.39 is 0 Å². The van der Waals surface area contributed by atoms with E-state index in [1.54, 1.807) is 7.05 Å². The Morgan fingerprint density at radius 1 is 1.20 bits per heavy atom. The van der Waals surface area contributed by atoms with E-state index in [1.165, 1.54) is 4.31 Å². The average Bonchev–Trinajstić information content (AvgIpc) is 2.27. The largest absolute Gasteiger partial charge is 0.378 e. The number of rotatable bonds is 2. The van der Waals surface area contributed by atoms with Gasteiger partial charge in [-0.15, -0.1) is 0 Å². The van der Waals surface area contributed by atoms with Gasteiger partial charge in [-0.1, -0.05) is 12.8 Å². The number of amides is 2. The van der Waals surface area contributed by atoms with Gasteiger partial charge in [-0.2, -0.15) is 0 Å². The summed E-state index contributed by atoms with van der Waals surface area (Å²) in [6, 6.07) is 7.30. The minimum absolute atomic E-state index is 0.254. The van der Waals surface area contributed by atoms with Gasteiger partial charge in [0.2, 0.25) is 0 Å². The van der Waals surface area contributed by atoms with Crippen molar-refractivity contribution >= 4 is 30.2 Å². The molecule has 0 bridgehead atoms. The molecule has 4 nitrogen and oxygen atoms in total. The molecule has 0 aliphatic rings. The number of urea groups is 1. The second-order valence-electron chi connectivity index (χ2n) is 3.28. The van der Waals surface area contributed by atoms with Crippen molar-refractivity contribution in [3.8, 4) is 0 Å². The maximum atomic E-state index is 11.3. The number of carbonyl (C=O) groups excluding carboxylic acids is 1. The van der Waals surface area contributed by atoms with Crippen LogP contribution in [-0.2, 0) is 0 Å². The SMILES string of the molecule is CNC(=O)N(S)c1ccc(N(C)C)cc1. The van der Waals surface area contributed by atoms with Crippen molar-refractivity contribution in [1.29, 1.82) is 0 Å². The minimum atomic E-state index is -0.254. The van der Waals surface area contributed by atoms with Gasteiger partial charge in [0.15, 0.2) is 0 Å². The lowest BCUT2D eigenvalue weighted by atomic mass is 10.2. The molecule has 0 aliphatic carbocycles. The van der Waals surface area contributed by atoms with E-state index in [0.29, 0.717) is 0 Å². The number of benzene rings is 1. The molecule has 0 aromatic heterocycles. The first-order valence-corrected chi connectivity index (χ1v) is 4.94. The Bertz CT molecular complexity index is 337. The van der Waals surface area contributed by atoms with Crippen LogP contribution in [0, 0.1) is 0 Å². The fraction of sp³-hybridized carbons (Fsp3) is 0.300. The lowest BCUT2D eigenvalue weighted by Crippen LogP contribution is -2.30. The third kappa shape index (κ3) is 2.79. The summed E-state index contributed by atoms with van der Waals surface area (Å²) in [5, 5.41) is 2.50. The van der Waals surface area contributed by atoms with Crippen molar-refractivity contribution in [2.24, 2.45) is 0 Å². The van der Waals surface area contributed by atoms with Gasteiger partial charge < -0.3 is 10.2 Å². The van der Waals surface area contributed by atoms with Crippen molar-refractivity contribution in [2.45, 2.75) is 0 Å². The van der Waals surface area contributed by atoms with Crippen LogP contribution in [0.1, 0.15) is 0 Å². The molecule has 0 heterocycles. The van der Waals surface area contributed by atoms with Crippen LogP contribution >= 0.6 is 12.8 Å². The molecule has 1 rings (SSSR count). The molecule has 5 heteroatoms. The monoisotopic (exact) mass is 225 g/mol. The van der Waals surface area contributed by atoms with Gasteiger partial charge in [0.1, 0.15) is 0 Å². The zero-order valence-electron chi connectivity index (χ0n) is 9.06. The molecule has 0 saturated heterocycles. The molecular weight excluding hydrogens is 210 g/mol. The van der Waals surface area contributed by atoms with Gasteiger partial charge in [0, 0.05) is 26.8 Å². The number of thiol groups is 1. The summed E-state index contributed by atoms with van der Waals surface area (Å²) >= 11 is 4.09. The standard InChI is InChI=1S/C10H15N3OS/c1-11-10(14)13(15)9-6-4-8(5-7-9)12(2)3/h4-7,15H,1-3H3,(H,11,14). The normalized spacial score (nSPS) is 9.60.